The van der Waals surface area contributed by atoms with Gasteiger partial charge >= 0.3 is 5.97 Å². The number of aromatic carboxylic acids is 1. The number of hydrogen-bond acceptors (Lipinski definition) is 4. The monoisotopic (exact) mass is 289 g/mol. The van der Waals surface area contributed by atoms with Crippen LogP contribution in [0.4, 0.5) is 0 Å². The molecule has 0 aliphatic rings. The first kappa shape index (κ1) is 15.1. The molecule has 6 heteroatoms. The second-order valence-electron chi connectivity index (χ2n) is 5.03. The van der Waals surface area contributed by atoms with Gasteiger partial charge in [0.15, 0.2) is 0 Å². The SMILES string of the molecule is COc1ccc(CN(C)Cc2cnn(C)c2)cc1C(=O)O. The molecule has 0 bridgehead atoms. The van der Waals surface area contributed by atoms with Crippen molar-refractivity contribution < 1.29 is 14.6 Å². The molecule has 1 aromatic carbocycles. The van der Waals surface area contributed by atoms with Crippen LogP contribution in [0.15, 0.2) is 30.6 Å². The fraction of sp³-hybridized carbons (Fsp3) is 0.333. The largest absolute Gasteiger partial charge is 0.496 e. The Morgan fingerprint density at radius 3 is 2.67 bits per heavy atom. The van der Waals surface area contributed by atoms with Crippen molar-refractivity contribution in [3.8, 4) is 5.75 Å². The lowest BCUT2D eigenvalue weighted by Crippen LogP contribution is -2.17. The Labute approximate surface area is 123 Å². The van der Waals surface area contributed by atoms with E-state index >= 15 is 0 Å². The highest BCUT2D eigenvalue weighted by atomic mass is 16.5. The van der Waals surface area contributed by atoms with Crippen LogP contribution >= 0.6 is 0 Å². The van der Waals surface area contributed by atoms with E-state index < -0.39 is 5.97 Å². The van der Waals surface area contributed by atoms with E-state index in [0.29, 0.717) is 12.3 Å². The van der Waals surface area contributed by atoms with Crippen LogP contribution in [0.5, 0.6) is 5.75 Å². The molecule has 0 atom stereocenters. The molecule has 0 saturated carbocycles. The van der Waals surface area contributed by atoms with Gasteiger partial charge in [-0.3, -0.25) is 9.58 Å². The van der Waals surface area contributed by atoms with Gasteiger partial charge in [0.2, 0.25) is 0 Å². The molecule has 1 heterocycles. The zero-order valence-corrected chi connectivity index (χ0v) is 12.4. The van der Waals surface area contributed by atoms with Gasteiger partial charge in [-0.15, -0.1) is 0 Å². The predicted molar refractivity (Wildman–Crippen MR) is 78.3 cm³/mol. The number of ether oxygens (including phenoxy) is 1. The average molecular weight is 289 g/mol. The molecule has 0 spiro atoms. The van der Waals surface area contributed by atoms with Crippen LogP contribution in [-0.2, 0) is 20.1 Å². The van der Waals surface area contributed by atoms with Gasteiger partial charge < -0.3 is 9.84 Å². The molecule has 0 fully saturated rings. The molecule has 112 valence electrons. The third-order valence-electron chi connectivity index (χ3n) is 3.16. The minimum Gasteiger partial charge on any atom is -0.496 e. The van der Waals surface area contributed by atoms with Gasteiger partial charge in [0.05, 0.1) is 13.3 Å². The van der Waals surface area contributed by atoms with Crippen LogP contribution in [0.2, 0.25) is 0 Å². The smallest absolute Gasteiger partial charge is 0.339 e. The number of carboxylic acid groups (broad SMARTS) is 1. The summed E-state index contributed by atoms with van der Waals surface area (Å²) in [4.78, 5) is 13.3. The van der Waals surface area contributed by atoms with Crippen molar-refractivity contribution in [2.24, 2.45) is 7.05 Å². The summed E-state index contributed by atoms with van der Waals surface area (Å²) < 4.78 is 6.82. The van der Waals surface area contributed by atoms with Gasteiger partial charge in [-0.1, -0.05) is 6.07 Å². The molecule has 0 unspecified atom stereocenters. The predicted octanol–water partition coefficient (Wildman–Crippen LogP) is 1.76. The van der Waals surface area contributed by atoms with Crippen molar-refractivity contribution in [3.05, 3.63) is 47.3 Å². The lowest BCUT2D eigenvalue weighted by atomic mass is 10.1. The summed E-state index contributed by atoms with van der Waals surface area (Å²) in [6.45, 7) is 1.40. The Bertz CT molecular complexity index is 637. The molecule has 2 aromatic rings. The summed E-state index contributed by atoms with van der Waals surface area (Å²) in [5.41, 5.74) is 2.23. The highest BCUT2D eigenvalue weighted by Gasteiger charge is 2.12. The number of nitrogens with zero attached hydrogens (tertiary/aromatic N) is 3. The second-order valence-corrected chi connectivity index (χ2v) is 5.03. The summed E-state index contributed by atoms with van der Waals surface area (Å²) in [6, 6.07) is 5.22. The Morgan fingerprint density at radius 1 is 1.38 bits per heavy atom. The van der Waals surface area contributed by atoms with E-state index in [1.54, 1.807) is 16.8 Å². The van der Waals surface area contributed by atoms with Crippen LogP contribution in [0, 0.1) is 0 Å². The summed E-state index contributed by atoms with van der Waals surface area (Å²) in [5.74, 6) is -0.607. The Balaban J connectivity index is 2.08. The zero-order chi connectivity index (χ0) is 15.4. The molecule has 0 amide bonds. The molecule has 0 radical (unpaired) electrons. The minimum atomic E-state index is -0.983. The van der Waals surface area contributed by atoms with E-state index in [1.807, 2.05) is 32.6 Å². The van der Waals surface area contributed by atoms with E-state index in [0.717, 1.165) is 17.7 Å². The Hall–Kier alpha value is -2.34. The zero-order valence-electron chi connectivity index (χ0n) is 12.4. The van der Waals surface area contributed by atoms with Gasteiger partial charge in [-0.05, 0) is 24.7 Å². The van der Waals surface area contributed by atoms with Crippen LogP contribution in [0.1, 0.15) is 21.5 Å². The first-order valence-electron chi connectivity index (χ1n) is 6.56. The van der Waals surface area contributed by atoms with Crippen LogP contribution in [-0.4, -0.2) is 39.9 Å². The Morgan fingerprint density at radius 2 is 2.10 bits per heavy atom. The van der Waals surface area contributed by atoms with E-state index in [4.69, 9.17) is 4.74 Å². The van der Waals surface area contributed by atoms with Gasteiger partial charge in [-0.25, -0.2) is 4.79 Å². The quantitative estimate of drug-likeness (QED) is 0.877. The highest BCUT2D eigenvalue weighted by molar-refractivity contribution is 5.91. The van der Waals surface area contributed by atoms with Crippen LogP contribution in [0.25, 0.3) is 0 Å². The van der Waals surface area contributed by atoms with Gasteiger partial charge in [0, 0.05) is 31.9 Å². The van der Waals surface area contributed by atoms with E-state index in [9.17, 15) is 9.90 Å². The number of aromatic nitrogens is 2. The summed E-state index contributed by atoms with van der Waals surface area (Å²) in [5, 5.41) is 13.3. The number of carbonyl (C=O) groups is 1. The maximum absolute atomic E-state index is 11.2. The first-order chi connectivity index (χ1) is 9.99. The standard InChI is InChI=1S/C15H19N3O3/c1-17(9-12-7-16-18(2)10-12)8-11-4-5-14(21-3)13(6-11)15(19)20/h4-7,10H,8-9H2,1-3H3,(H,19,20). The van der Waals surface area contributed by atoms with Gasteiger partial charge in [0.25, 0.3) is 0 Å². The molecule has 6 nitrogen and oxygen atoms in total. The maximum Gasteiger partial charge on any atom is 0.339 e. The number of aryl methyl sites for hydroxylation is 1. The highest BCUT2D eigenvalue weighted by Crippen LogP contribution is 2.20. The molecule has 1 aromatic heterocycles. The normalized spacial score (nSPS) is 10.9. The fourth-order valence-corrected chi connectivity index (χ4v) is 2.25. The van der Waals surface area contributed by atoms with Crippen molar-refractivity contribution in [3.63, 3.8) is 0 Å². The van der Waals surface area contributed by atoms with Crippen molar-refractivity contribution in [1.29, 1.82) is 0 Å². The number of carboxylic acids is 1. The molecule has 0 saturated heterocycles. The molecule has 1 N–H and O–H groups in total. The summed E-state index contributed by atoms with van der Waals surface area (Å²) >= 11 is 0. The van der Waals surface area contributed by atoms with Crippen molar-refractivity contribution >= 4 is 5.97 Å². The molecular weight excluding hydrogens is 270 g/mol. The molecule has 0 aliphatic carbocycles. The van der Waals surface area contributed by atoms with Crippen molar-refractivity contribution in [2.75, 3.05) is 14.2 Å². The van der Waals surface area contributed by atoms with Gasteiger partial charge in [0.1, 0.15) is 11.3 Å². The number of rotatable bonds is 6. The fourth-order valence-electron chi connectivity index (χ4n) is 2.25. The topological polar surface area (TPSA) is 67.6 Å². The van der Waals surface area contributed by atoms with Gasteiger partial charge in [-0.2, -0.15) is 5.10 Å². The van der Waals surface area contributed by atoms with Crippen molar-refractivity contribution in [1.82, 2.24) is 14.7 Å². The first-order valence-corrected chi connectivity index (χ1v) is 6.56. The lowest BCUT2D eigenvalue weighted by molar-refractivity contribution is 0.0693. The molecule has 21 heavy (non-hydrogen) atoms. The Kier molecular flexibility index (Phi) is 4.59. The summed E-state index contributed by atoms with van der Waals surface area (Å²) in [7, 11) is 5.33. The lowest BCUT2D eigenvalue weighted by Gasteiger charge is -2.16. The number of benzene rings is 1. The average Bonchev–Trinajstić information content (AvgIpc) is 2.83. The molecule has 2 rings (SSSR count). The van der Waals surface area contributed by atoms with Crippen molar-refractivity contribution in [2.45, 2.75) is 13.1 Å². The van der Waals surface area contributed by atoms with E-state index in [1.165, 1.54) is 7.11 Å². The minimum absolute atomic E-state index is 0.185. The summed E-state index contributed by atoms with van der Waals surface area (Å²) in [6.07, 6.45) is 3.79. The maximum atomic E-state index is 11.2. The third kappa shape index (κ3) is 3.82. The van der Waals surface area contributed by atoms with E-state index in [2.05, 4.69) is 10.00 Å². The molecule has 0 aliphatic heterocycles. The third-order valence-corrected chi connectivity index (χ3v) is 3.16. The van der Waals surface area contributed by atoms with Crippen LogP contribution < -0.4 is 4.74 Å². The molecular formula is C15H19N3O3. The second kappa shape index (κ2) is 6.41. The van der Waals surface area contributed by atoms with Crippen LogP contribution in [0.3, 0.4) is 0 Å². The number of methoxy groups -OCH3 is 1. The van der Waals surface area contributed by atoms with E-state index in [-0.39, 0.29) is 5.56 Å². The number of hydrogen-bond donors (Lipinski definition) is 1.